The Morgan fingerprint density at radius 1 is 1.43 bits per heavy atom. The predicted octanol–water partition coefficient (Wildman–Crippen LogP) is 1.58. The second-order valence-electron chi connectivity index (χ2n) is 4.19. The van der Waals surface area contributed by atoms with Crippen LogP contribution < -0.4 is 4.90 Å². The van der Waals surface area contributed by atoms with Gasteiger partial charge in [0.2, 0.25) is 5.91 Å². The summed E-state index contributed by atoms with van der Waals surface area (Å²) in [4.78, 5) is 36.3. The monoisotopic (exact) mass is 301 g/mol. The number of hydrogen-bond donors (Lipinski definition) is 1. The number of terminal acetylenes is 1. The molecule has 1 aliphatic rings. The molecular weight excluding hydrogens is 290 g/mol. The Bertz CT molecular complexity index is 687. The molecule has 106 valence electrons. The number of thioether (sulfide) groups is 1. The Morgan fingerprint density at radius 2 is 2.19 bits per heavy atom. The van der Waals surface area contributed by atoms with Crippen LogP contribution in [-0.4, -0.2) is 35.1 Å². The van der Waals surface area contributed by atoms with Gasteiger partial charge in [0.1, 0.15) is 0 Å². The molecule has 6 heteroatoms. The minimum absolute atomic E-state index is 0.0738. The lowest BCUT2D eigenvalue weighted by Gasteiger charge is -2.27. The van der Waals surface area contributed by atoms with E-state index in [0.29, 0.717) is 11.3 Å². The first-order valence-electron chi connectivity index (χ1n) is 5.99. The van der Waals surface area contributed by atoms with Crippen LogP contribution in [-0.2, 0) is 9.59 Å². The van der Waals surface area contributed by atoms with Crippen LogP contribution in [0.2, 0.25) is 0 Å². The molecule has 0 aliphatic carbocycles. The molecule has 0 aromatic heterocycles. The second kappa shape index (κ2) is 6.29. The van der Waals surface area contributed by atoms with E-state index in [4.69, 9.17) is 11.5 Å². The fourth-order valence-corrected chi connectivity index (χ4v) is 2.84. The number of fused-ring (bicyclic) bond motifs is 1. The SMILES string of the molecule is C#CCN1C(=O)CSc2cc(C(=O)/C=C/C(=O)O)ccc21. The van der Waals surface area contributed by atoms with Crippen molar-refractivity contribution in [3.8, 4) is 12.3 Å². The summed E-state index contributed by atoms with van der Waals surface area (Å²) in [6, 6.07) is 4.85. The summed E-state index contributed by atoms with van der Waals surface area (Å²) in [7, 11) is 0. The van der Waals surface area contributed by atoms with Gasteiger partial charge in [0.05, 0.1) is 18.0 Å². The largest absolute Gasteiger partial charge is 0.478 e. The van der Waals surface area contributed by atoms with Gasteiger partial charge in [0.25, 0.3) is 0 Å². The highest BCUT2D eigenvalue weighted by Crippen LogP contribution is 2.35. The number of allylic oxidation sites excluding steroid dienone is 1. The summed E-state index contributed by atoms with van der Waals surface area (Å²) in [5.41, 5.74) is 1.04. The van der Waals surface area contributed by atoms with Crippen LogP contribution in [0.25, 0.3) is 0 Å². The van der Waals surface area contributed by atoms with Crippen LogP contribution in [0.3, 0.4) is 0 Å². The number of amides is 1. The zero-order valence-electron chi connectivity index (χ0n) is 10.9. The van der Waals surface area contributed by atoms with E-state index in [1.165, 1.54) is 16.7 Å². The molecule has 0 atom stereocenters. The number of carboxylic acid groups (broad SMARTS) is 1. The molecule has 0 unspecified atom stereocenters. The Labute approximate surface area is 125 Å². The zero-order chi connectivity index (χ0) is 15.4. The van der Waals surface area contributed by atoms with Crippen LogP contribution in [0.15, 0.2) is 35.2 Å². The highest BCUT2D eigenvalue weighted by molar-refractivity contribution is 8.00. The first kappa shape index (κ1) is 14.9. The number of benzene rings is 1. The number of anilines is 1. The predicted molar refractivity (Wildman–Crippen MR) is 79.5 cm³/mol. The molecule has 0 saturated heterocycles. The van der Waals surface area contributed by atoms with Gasteiger partial charge in [-0.25, -0.2) is 4.79 Å². The summed E-state index contributed by atoms with van der Waals surface area (Å²) >= 11 is 1.33. The first-order chi connectivity index (χ1) is 10.0. The van der Waals surface area contributed by atoms with Gasteiger partial charge in [-0.15, -0.1) is 18.2 Å². The van der Waals surface area contributed by atoms with Crippen molar-refractivity contribution in [3.05, 3.63) is 35.9 Å². The highest BCUT2D eigenvalue weighted by atomic mass is 32.2. The standard InChI is InChI=1S/C15H11NO4S/c1-2-7-16-11-4-3-10(12(17)5-6-15(19)20)8-13(11)21-9-14(16)18/h1,3-6,8H,7,9H2,(H,19,20)/b6-5+. The normalized spacial score (nSPS) is 13.9. The van der Waals surface area contributed by atoms with Gasteiger partial charge in [-0.1, -0.05) is 5.92 Å². The minimum Gasteiger partial charge on any atom is -0.478 e. The summed E-state index contributed by atoms with van der Waals surface area (Å²) in [6.45, 7) is 0.179. The first-order valence-corrected chi connectivity index (χ1v) is 6.97. The number of nitrogens with zero attached hydrogens (tertiary/aromatic N) is 1. The molecule has 1 aromatic rings. The lowest BCUT2D eigenvalue weighted by Crippen LogP contribution is -2.35. The van der Waals surface area contributed by atoms with Crippen molar-refractivity contribution in [2.75, 3.05) is 17.2 Å². The van der Waals surface area contributed by atoms with Crippen molar-refractivity contribution in [3.63, 3.8) is 0 Å². The summed E-state index contributed by atoms with van der Waals surface area (Å²) < 4.78 is 0. The molecule has 2 rings (SSSR count). The van der Waals surface area contributed by atoms with Crippen molar-refractivity contribution in [2.45, 2.75) is 4.90 Å². The molecule has 21 heavy (non-hydrogen) atoms. The van der Waals surface area contributed by atoms with Crippen molar-refractivity contribution < 1.29 is 19.5 Å². The maximum absolute atomic E-state index is 11.8. The maximum atomic E-state index is 11.8. The van der Waals surface area contributed by atoms with E-state index in [1.807, 2.05) is 0 Å². The zero-order valence-corrected chi connectivity index (χ0v) is 11.7. The number of carbonyl (C=O) groups is 3. The summed E-state index contributed by atoms with van der Waals surface area (Å²) in [5, 5.41) is 8.52. The molecule has 1 heterocycles. The molecule has 0 saturated carbocycles. The third kappa shape index (κ3) is 3.33. The van der Waals surface area contributed by atoms with Gasteiger partial charge in [-0.2, -0.15) is 0 Å². The highest BCUT2D eigenvalue weighted by Gasteiger charge is 2.24. The van der Waals surface area contributed by atoms with Crippen molar-refractivity contribution in [1.82, 2.24) is 0 Å². The second-order valence-corrected chi connectivity index (χ2v) is 5.21. The Morgan fingerprint density at radius 3 is 2.86 bits per heavy atom. The number of ketones is 1. The van der Waals surface area contributed by atoms with Crippen molar-refractivity contribution >= 4 is 35.1 Å². The van der Waals surface area contributed by atoms with Crippen molar-refractivity contribution in [1.29, 1.82) is 0 Å². The Kier molecular flexibility index (Phi) is 4.45. The molecule has 1 N–H and O–H groups in total. The third-order valence-electron chi connectivity index (χ3n) is 2.81. The molecule has 0 spiro atoms. The fourth-order valence-electron chi connectivity index (χ4n) is 1.87. The molecule has 1 amide bonds. The van der Waals surface area contributed by atoms with Gasteiger partial charge in [0, 0.05) is 16.5 Å². The Balaban J connectivity index is 2.32. The van der Waals surface area contributed by atoms with E-state index in [9.17, 15) is 14.4 Å². The molecule has 0 fully saturated rings. The third-order valence-corrected chi connectivity index (χ3v) is 3.84. The van der Waals surface area contributed by atoms with Crippen molar-refractivity contribution in [2.24, 2.45) is 0 Å². The lowest BCUT2D eigenvalue weighted by atomic mass is 10.1. The van der Waals surface area contributed by atoms with Gasteiger partial charge < -0.3 is 5.11 Å². The average Bonchev–Trinajstić information content (AvgIpc) is 2.47. The van der Waals surface area contributed by atoms with Crippen LogP contribution in [0.1, 0.15) is 10.4 Å². The smallest absolute Gasteiger partial charge is 0.328 e. The topological polar surface area (TPSA) is 74.7 Å². The molecule has 1 aromatic carbocycles. The van der Waals surface area contributed by atoms with Crippen LogP contribution in [0, 0.1) is 12.3 Å². The minimum atomic E-state index is -1.18. The van der Waals surface area contributed by atoms with Gasteiger partial charge in [-0.05, 0) is 24.3 Å². The number of hydrogen-bond acceptors (Lipinski definition) is 4. The van der Waals surface area contributed by atoms with Crippen LogP contribution >= 0.6 is 11.8 Å². The van der Waals surface area contributed by atoms with Crippen LogP contribution in [0.4, 0.5) is 5.69 Å². The number of rotatable bonds is 4. The van der Waals surface area contributed by atoms with E-state index in [2.05, 4.69) is 5.92 Å². The summed E-state index contributed by atoms with van der Waals surface area (Å²) in [6.07, 6.45) is 7.05. The maximum Gasteiger partial charge on any atom is 0.328 e. The van der Waals surface area contributed by atoms with E-state index in [1.54, 1.807) is 18.2 Å². The van der Waals surface area contributed by atoms with E-state index in [0.717, 1.165) is 17.0 Å². The average molecular weight is 301 g/mol. The lowest BCUT2D eigenvalue weighted by molar-refractivity contribution is -0.131. The molecule has 5 nitrogen and oxygen atoms in total. The molecule has 1 aliphatic heterocycles. The number of carbonyl (C=O) groups excluding carboxylic acids is 2. The fraction of sp³-hybridized carbons (Fsp3) is 0.133. The van der Waals surface area contributed by atoms with Gasteiger partial charge >= 0.3 is 5.97 Å². The molecular formula is C15H11NO4S. The number of carboxylic acids is 1. The van der Waals surface area contributed by atoms with E-state index < -0.39 is 11.8 Å². The quantitative estimate of drug-likeness (QED) is 0.519. The van der Waals surface area contributed by atoms with E-state index in [-0.39, 0.29) is 18.2 Å². The van der Waals surface area contributed by atoms with Gasteiger partial charge in [0.15, 0.2) is 5.78 Å². The summed E-state index contributed by atoms with van der Waals surface area (Å²) in [5.74, 6) is 1.04. The van der Waals surface area contributed by atoms with Gasteiger partial charge in [-0.3, -0.25) is 14.5 Å². The number of aliphatic carboxylic acids is 1. The molecule has 0 radical (unpaired) electrons. The molecule has 0 bridgehead atoms. The Hall–Kier alpha value is -2.52. The van der Waals surface area contributed by atoms with Crippen LogP contribution in [0.5, 0.6) is 0 Å². The van der Waals surface area contributed by atoms with E-state index >= 15 is 0 Å².